The fraction of sp³-hybridized carbons (Fsp3) is 0.222. The monoisotopic (exact) mass is 146 g/mol. The van der Waals surface area contributed by atoms with Crippen LogP contribution >= 0.6 is 0 Å². The van der Waals surface area contributed by atoms with Crippen molar-refractivity contribution in [1.82, 2.24) is 4.98 Å². The zero-order valence-electron chi connectivity index (χ0n) is 6.41. The van der Waals surface area contributed by atoms with Crippen LogP contribution in [0.3, 0.4) is 0 Å². The first-order valence-corrected chi connectivity index (χ1v) is 3.45. The maximum Gasteiger partial charge on any atom is 0.0845 e. The second kappa shape index (κ2) is 3.62. The van der Waals surface area contributed by atoms with Crippen LogP contribution in [0.5, 0.6) is 0 Å². The lowest BCUT2D eigenvalue weighted by atomic mass is 10.3. The molecule has 0 fully saturated rings. The highest BCUT2D eigenvalue weighted by atomic mass is 14.9. The molecule has 2 nitrogen and oxygen atoms in total. The van der Waals surface area contributed by atoms with Crippen LogP contribution in [0, 0.1) is 12.3 Å². The van der Waals surface area contributed by atoms with Crippen LogP contribution in [-0.2, 0) is 0 Å². The summed E-state index contributed by atoms with van der Waals surface area (Å²) < 4.78 is 0. The van der Waals surface area contributed by atoms with Crippen molar-refractivity contribution in [3.05, 3.63) is 24.5 Å². The van der Waals surface area contributed by atoms with E-state index >= 15 is 0 Å². The topological polar surface area (TPSA) is 24.9 Å². The number of aromatic nitrogens is 1. The van der Waals surface area contributed by atoms with Gasteiger partial charge in [0.2, 0.25) is 0 Å². The predicted octanol–water partition coefficient (Wildman–Crippen LogP) is 1.52. The third-order valence-electron chi connectivity index (χ3n) is 1.31. The third-order valence-corrected chi connectivity index (χ3v) is 1.31. The Hall–Kier alpha value is -1.49. The maximum atomic E-state index is 5.19. The Balaban J connectivity index is 2.60. The second-order valence-corrected chi connectivity index (χ2v) is 2.27. The fourth-order valence-electron chi connectivity index (χ4n) is 0.740. The van der Waals surface area contributed by atoms with Gasteiger partial charge < -0.3 is 5.32 Å². The smallest absolute Gasteiger partial charge is 0.0845 e. The van der Waals surface area contributed by atoms with Crippen LogP contribution in [0.15, 0.2) is 24.5 Å². The van der Waals surface area contributed by atoms with E-state index in [1.165, 1.54) is 0 Å². The molecule has 1 unspecified atom stereocenters. The van der Waals surface area contributed by atoms with Gasteiger partial charge in [0.15, 0.2) is 0 Å². The highest BCUT2D eigenvalue weighted by molar-refractivity contribution is 5.43. The van der Waals surface area contributed by atoms with Gasteiger partial charge in [-0.1, -0.05) is 5.92 Å². The molecule has 0 aliphatic carbocycles. The molecule has 0 aromatic carbocycles. The van der Waals surface area contributed by atoms with Crippen LogP contribution < -0.4 is 5.32 Å². The van der Waals surface area contributed by atoms with Gasteiger partial charge in [-0.05, 0) is 19.1 Å². The molecule has 1 aromatic rings. The average molecular weight is 146 g/mol. The SMILES string of the molecule is C#CC(C)Nc1ccncc1. The van der Waals surface area contributed by atoms with Gasteiger partial charge in [-0.2, -0.15) is 0 Å². The predicted molar refractivity (Wildman–Crippen MR) is 46.2 cm³/mol. The molecule has 1 N–H and O–H groups in total. The molecule has 1 atom stereocenters. The Labute approximate surface area is 66.7 Å². The van der Waals surface area contributed by atoms with Crippen molar-refractivity contribution in [2.45, 2.75) is 13.0 Å². The van der Waals surface area contributed by atoms with Crippen LogP contribution in [0.2, 0.25) is 0 Å². The van der Waals surface area contributed by atoms with Crippen LogP contribution in [0.1, 0.15) is 6.92 Å². The van der Waals surface area contributed by atoms with Gasteiger partial charge >= 0.3 is 0 Å². The molecule has 0 aliphatic heterocycles. The van der Waals surface area contributed by atoms with Crippen molar-refractivity contribution < 1.29 is 0 Å². The minimum atomic E-state index is 0.0670. The standard InChI is InChI=1S/C9H10N2/c1-3-8(2)11-9-4-6-10-7-5-9/h1,4-8H,2H3,(H,10,11). The summed E-state index contributed by atoms with van der Waals surface area (Å²) in [5.41, 5.74) is 1.01. The molecule has 1 rings (SSSR count). The summed E-state index contributed by atoms with van der Waals surface area (Å²) in [6.45, 7) is 1.93. The van der Waals surface area contributed by atoms with Crippen LogP contribution in [0.4, 0.5) is 5.69 Å². The Morgan fingerprint density at radius 1 is 1.55 bits per heavy atom. The lowest BCUT2D eigenvalue weighted by Gasteiger charge is -2.07. The molecule has 0 amide bonds. The molecular weight excluding hydrogens is 136 g/mol. The normalized spacial score (nSPS) is 11.6. The van der Waals surface area contributed by atoms with Crippen molar-refractivity contribution in [1.29, 1.82) is 0 Å². The Morgan fingerprint density at radius 2 is 2.18 bits per heavy atom. The molecule has 2 heteroatoms. The summed E-state index contributed by atoms with van der Waals surface area (Å²) in [7, 11) is 0. The fourth-order valence-corrected chi connectivity index (χ4v) is 0.740. The van der Waals surface area contributed by atoms with E-state index in [-0.39, 0.29) is 6.04 Å². The molecule has 1 aromatic heterocycles. The lowest BCUT2D eigenvalue weighted by molar-refractivity contribution is 1.03. The molecule has 0 bridgehead atoms. The van der Waals surface area contributed by atoms with E-state index in [2.05, 4.69) is 16.2 Å². The Kier molecular flexibility index (Phi) is 2.51. The van der Waals surface area contributed by atoms with Crippen LogP contribution in [-0.4, -0.2) is 11.0 Å². The van der Waals surface area contributed by atoms with E-state index in [0.29, 0.717) is 0 Å². The first kappa shape index (κ1) is 7.62. The number of rotatable bonds is 2. The molecule has 0 aliphatic rings. The summed E-state index contributed by atoms with van der Waals surface area (Å²) in [6.07, 6.45) is 8.65. The van der Waals surface area contributed by atoms with Gasteiger partial charge in [0.05, 0.1) is 6.04 Å². The summed E-state index contributed by atoms with van der Waals surface area (Å²) >= 11 is 0. The molecule has 0 saturated carbocycles. The van der Waals surface area contributed by atoms with Crippen molar-refractivity contribution >= 4 is 5.69 Å². The number of nitrogens with zero attached hydrogens (tertiary/aromatic N) is 1. The van der Waals surface area contributed by atoms with E-state index in [9.17, 15) is 0 Å². The molecule has 56 valence electrons. The third kappa shape index (κ3) is 2.30. The van der Waals surface area contributed by atoms with Crippen LogP contribution in [0.25, 0.3) is 0 Å². The van der Waals surface area contributed by atoms with E-state index in [1.807, 2.05) is 19.1 Å². The largest absolute Gasteiger partial charge is 0.372 e. The highest BCUT2D eigenvalue weighted by Gasteiger charge is 1.93. The van der Waals surface area contributed by atoms with E-state index in [4.69, 9.17) is 6.42 Å². The van der Waals surface area contributed by atoms with Gasteiger partial charge in [0.25, 0.3) is 0 Å². The minimum absolute atomic E-state index is 0.0670. The number of hydrogen-bond donors (Lipinski definition) is 1. The number of nitrogens with one attached hydrogen (secondary N) is 1. The number of terminal acetylenes is 1. The number of anilines is 1. The van der Waals surface area contributed by atoms with Crippen molar-refractivity contribution in [2.75, 3.05) is 5.32 Å². The van der Waals surface area contributed by atoms with E-state index in [0.717, 1.165) is 5.69 Å². The minimum Gasteiger partial charge on any atom is -0.372 e. The average Bonchev–Trinajstić information content (AvgIpc) is 2.06. The van der Waals surface area contributed by atoms with Gasteiger partial charge in [-0.3, -0.25) is 4.98 Å². The summed E-state index contributed by atoms with van der Waals surface area (Å²) in [5, 5.41) is 3.12. The summed E-state index contributed by atoms with van der Waals surface area (Å²) in [6, 6.07) is 3.83. The first-order chi connectivity index (χ1) is 5.33. The Morgan fingerprint density at radius 3 is 2.73 bits per heavy atom. The molecule has 11 heavy (non-hydrogen) atoms. The molecule has 1 heterocycles. The quantitative estimate of drug-likeness (QED) is 0.640. The Bertz CT molecular complexity index is 248. The molecule has 0 radical (unpaired) electrons. The zero-order chi connectivity index (χ0) is 8.10. The van der Waals surface area contributed by atoms with Crippen molar-refractivity contribution in [2.24, 2.45) is 0 Å². The number of hydrogen-bond acceptors (Lipinski definition) is 2. The highest BCUT2D eigenvalue weighted by Crippen LogP contribution is 2.04. The van der Waals surface area contributed by atoms with Gasteiger partial charge in [-0.15, -0.1) is 6.42 Å². The zero-order valence-corrected chi connectivity index (χ0v) is 6.41. The number of pyridine rings is 1. The van der Waals surface area contributed by atoms with Crippen molar-refractivity contribution in [3.63, 3.8) is 0 Å². The van der Waals surface area contributed by atoms with Gasteiger partial charge in [0, 0.05) is 18.1 Å². The van der Waals surface area contributed by atoms with E-state index in [1.54, 1.807) is 12.4 Å². The summed E-state index contributed by atoms with van der Waals surface area (Å²) in [5.74, 6) is 2.58. The van der Waals surface area contributed by atoms with Gasteiger partial charge in [0.1, 0.15) is 0 Å². The first-order valence-electron chi connectivity index (χ1n) is 3.45. The molecule has 0 spiro atoms. The molecule has 0 saturated heterocycles. The second-order valence-electron chi connectivity index (χ2n) is 2.27. The summed E-state index contributed by atoms with van der Waals surface area (Å²) in [4.78, 5) is 3.89. The van der Waals surface area contributed by atoms with E-state index < -0.39 is 0 Å². The van der Waals surface area contributed by atoms with Crippen molar-refractivity contribution in [3.8, 4) is 12.3 Å². The molecular formula is C9H10N2. The lowest BCUT2D eigenvalue weighted by Crippen LogP contribution is -2.11. The van der Waals surface area contributed by atoms with Gasteiger partial charge in [-0.25, -0.2) is 0 Å². The maximum absolute atomic E-state index is 5.19.